The minimum absolute atomic E-state index is 0.130. The number of pyridine rings is 1. The number of ether oxygens (including phenoxy) is 1. The SMILES string of the molecule is CCC(N)C(c1ccncc1)N(CCOC)C(C)C1CC1. The third-order valence-electron chi connectivity index (χ3n) is 4.66. The van der Waals surface area contributed by atoms with Gasteiger partial charge in [-0.05, 0) is 49.8 Å². The fourth-order valence-electron chi connectivity index (χ4n) is 3.11. The van der Waals surface area contributed by atoms with E-state index in [1.165, 1.54) is 18.4 Å². The third-order valence-corrected chi connectivity index (χ3v) is 4.66. The summed E-state index contributed by atoms with van der Waals surface area (Å²) in [6.45, 7) is 6.17. The number of hydrogen-bond acceptors (Lipinski definition) is 4. The molecule has 1 aromatic rings. The molecule has 3 atom stereocenters. The first-order valence-electron chi connectivity index (χ1n) is 8.09. The van der Waals surface area contributed by atoms with Crippen LogP contribution in [0.4, 0.5) is 0 Å². The van der Waals surface area contributed by atoms with Gasteiger partial charge in [0.2, 0.25) is 0 Å². The molecular weight excluding hydrogens is 262 g/mol. The van der Waals surface area contributed by atoms with E-state index < -0.39 is 0 Å². The van der Waals surface area contributed by atoms with Gasteiger partial charge in [-0.1, -0.05) is 6.92 Å². The van der Waals surface area contributed by atoms with E-state index in [0.29, 0.717) is 6.04 Å². The van der Waals surface area contributed by atoms with Gasteiger partial charge < -0.3 is 10.5 Å². The first kappa shape index (κ1) is 16.4. The Labute approximate surface area is 128 Å². The first-order valence-corrected chi connectivity index (χ1v) is 8.09. The van der Waals surface area contributed by atoms with Gasteiger partial charge in [-0.2, -0.15) is 0 Å². The fraction of sp³-hybridized carbons (Fsp3) is 0.706. The van der Waals surface area contributed by atoms with Gasteiger partial charge >= 0.3 is 0 Å². The summed E-state index contributed by atoms with van der Waals surface area (Å²) >= 11 is 0. The zero-order valence-electron chi connectivity index (χ0n) is 13.5. The monoisotopic (exact) mass is 291 g/mol. The van der Waals surface area contributed by atoms with Crippen molar-refractivity contribution in [1.82, 2.24) is 9.88 Å². The Bertz CT molecular complexity index is 408. The average Bonchev–Trinajstić information content (AvgIpc) is 3.35. The molecule has 0 aliphatic heterocycles. The highest BCUT2D eigenvalue weighted by Gasteiger charge is 2.37. The normalized spacial score (nSPS) is 19.5. The van der Waals surface area contributed by atoms with Crippen molar-refractivity contribution in [2.45, 2.75) is 51.2 Å². The van der Waals surface area contributed by atoms with E-state index in [4.69, 9.17) is 10.5 Å². The molecule has 4 heteroatoms. The summed E-state index contributed by atoms with van der Waals surface area (Å²) in [5.74, 6) is 0.815. The summed E-state index contributed by atoms with van der Waals surface area (Å²) in [6, 6.07) is 5.12. The second-order valence-electron chi connectivity index (χ2n) is 6.11. The molecule has 1 aromatic heterocycles. The third kappa shape index (κ3) is 4.25. The van der Waals surface area contributed by atoms with Crippen LogP contribution in [-0.4, -0.2) is 42.2 Å². The minimum atomic E-state index is 0.130. The molecule has 0 saturated heterocycles. The summed E-state index contributed by atoms with van der Waals surface area (Å²) in [5.41, 5.74) is 7.74. The standard InChI is InChI=1S/C17H29N3O/c1-4-16(18)17(15-7-9-19-10-8-15)20(11-12-21-3)13(2)14-5-6-14/h7-10,13-14,16-17H,4-6,11-12,18H2,1-3H3. The van der Waals surface area contributed by atoms with Gasteiger partial charge in [0, 0.05) is 38.1 Å². The van der Waals surface area contributed by atoms with Gasteiger partial charge in [-0.3, -0.25) is 9.88 Å². The second-order valence-corrected chi connectivity index (χ2v) is 6.11. The molecule has 0 aromatic carbocycles. The minimum Gasteiger partial charge on any atom is -0.383 e. The van der Waals surface area contributed by atoms with Crippen molar-refractivity contribution < 1.29 is 4.74 Å². The van der Waals surface area contributed by atoms with E-state index >= 15 is 0 Å². The zero-order chi connectivity index (χ0) is 15.2. The van der Waals surface area contributed by atoms with Crippen LogP contribution in [0, 0.1) is 5.92 Å². The average molecular weight is 291 g/mol. The molecule has 1 fully saturated rings. The molecule has 4 nitrogen and oxygen atoms in total. The van der Waals surface area contributed by atoms with Crippen molar-refractivity contribution >= 4 is 0 Å². The van der Waals surface area contributed by atoms with Crippen LogP contribution in [0.1, 0.15) is 44.7 Å². The van der Waals surface area contributed by atoms with Gasteiger partial charge in [-0.25, -0.2) is 0 Å². The molecule has 0 amide bonds. The fourth-order valence-corrected chi connectivity index (χ4v) is 3.11. The lowest BCUT2D eigenvalue weighted by molar-refractivity contribution is 0.0688. The molecule has 1 aliphatic rings. The van der Waals surface area contributed by atoms with Crippen LogP contribution in [-0.2, 0) is 4.74 Å². The number of hydrogen-bond donors (Lipinski definition) is 1. The van der Waals surface area contributed by atoms with E-state index in [0.717, 1.165) is 25.5 Å². The number of nitrogens with zero attached hydrogens (tertiary/aromatic N) is 2. The Morgan fingerprint density at radius 1 is 1.38 bits per heavy atom. The van der Waals surface area contributed by atoms with E-state index in [9.17, 15) is 0 Å². The summed E-state index contributed by atoms with van der Waals surface area (Å²) in [6.07, 6.45) is 7.38. The highest BCUT2D eigenvalue weighted by molar-refractivity contribution is 5.18. The van der Waals surface area contributed by atoms with Crippen molar-refractivity contribution in [1.29, 1.82) is 0 Å². The van der Waals surface area contributed by atoms with Crippen LogP contribution >= 0.6 is 0 Å². The molecule has 1 heterocycles. The molecule has 1 saturated carbocycles. The molecule has 0 bridgehead atoms. The predicted molar refractivity (Wildman–Crippen MR) is 86.0 cm³/mol. The lowest BCUT2D eigenvalue weighted by atomic mass is 9.95. The van der Waals surface area contributed by atoms with Gasteiger partial charge in [-0.15, -0.1) is 0 Å². The van der Waals surface area contributed by atoms with E-state index in [-0.39, 0.29) is 12.1 Å². The van der Waals surface area contributed by atoms with Crippen LogP contribution in [0.5, 0.6) is 0 Å². The van der Waals surface area contributed by atoms with Crippen molar-refractivity contribution in [2.24, 2.45) is 11.7 Å². The molecule has 118 valence electrons. The Kier molecular flexibility index (Phi) is 6.15. The van der Waals surface area contributed by atoms with E-state index in [1.54, 1.807) is 7.11 Å². The maximum Gasteiger partial charge on any atom is 0.0590 e. The zero-order valence-corrected chi connectivity index (χ0v) is 13.5. The highest BCUT2D eigenvalue weighted by atomic mass is 16.5. The summed E-state index contributed by atoms with van der Waals surface area (Å²) in [5, 5.41) is 0. The number of nitrogens with two attached hydrogens (primary N) is 1. The molecular formula is C17H29N3O. The number of methoxy groups -OCH3 is 1. The Hall–Kier alpha value is -0.970. The number of aromatic nitrogens is 1. The molecule has 0 spiro atoms. The summed E-state index contributed by atoms with van der Waals surface area (Å²) in [7, 11) is 1.77. The van der Waals surface area contributed by atoms with Crippen LogP contribution in [0.2, 0.25) is 0 Å². The quantitative estimate of drug-likeness (QED) is 0.760. The molecule has 2 rings (SSSR count). The molecule has 3 unspecified atom stereocenters. The second kappa shape index (κ2) is 7.87. The Morgan fingerprint density at radius 3 is 2.57 bits per heavy atom. The van der Waals surface area contributed by atoms with E-state index in [1.807, 2.05) is 12.4 Å². The maximum atomic E-state index is 6.48. The largest absolute Gasteiger partial charge is 0.383 e. The van der Waals surface area contributed by atoms with Gasteiger partial charge in [0.25, 0.3) is 0 Å². The molecule has 1 aliphatic carbocycles. The maximum absolute atomic E-state index is 6.48. The van der Waals surface area contributed by atoms with Crippen LogP contribution < -0.4 is 5.73 Å². The van der Waals surface area contributed by atoms with Crippen LogP contribution in [0.3, 0.4) is 0 Å². The lowest BCUT2D eigenvalue weighted by Gasteiger charge is -2.40. The van der Waals surface area contributed by atoms with Gasteiger partial charge in [0.15, 0.2) is 0 Å². The molecule has 0 radical (unpaired) electrons. The highest BCUT2D eigenvalue weighted by Crippen LogP contribution is 2.39. The Balaban J connectivity index is 2.24. The van der Waals surface area contributed by atoms with Crippen molar-refractivity contribution in [3.63, 3.8) is 0 Å². The van der Waals surface area contributed by atoms with Gasteiger partial charge in [0.1, 0.15) is 0 Å². The van der Waals surface area contributed by atoms with Crippen molar-refractivity contribution in [3.05, 3.63) is 30.1 Å². The smallest absolute Gasteiger partial charge is 0.0590 e. The van der Waals surface area contributed by atoms with Crippen LogP contribution in [0.15, 0.2) is 24.5 Å². The predicted octanol–water partition coefficient (Wildman–Crippen LogP) is 2.61. The van der Waals surface area contributed by atoms with Gasteiger partial charge in [0.05, 0.1) is 12.6 Å². The number of rotatable bonds is 9. The van der Waals surface area contributed by atoms with E-state index in [2.05, 4.69) is 35.9 Å². The Morgan fingerprint density at radius 2 is 2.05 bits per heavy atom. The first-order chi connectivity index (χ1) is 10.2. The summed E-state index contributed by atoms with van der Waals surface area (Å²) < 4.78 is 5.33. The lowest BCUT2D eigenvalue weighted by Crippen LogP contribution is -2.47. The molecule has 21 heavy (non-hydrogen) atoms. The van der Waals surface area contributed by atoms with Crippen LogP contribution in [0.25, 0.3) is 0 Å². The van der Waals surface area contributed by atoms with Crippen molar-refractivity contribution in [3.8, 4) is 0 Å². The van der Waals surface area contributed by atoms with Crippen molar-refractivity contribution in [2.75, 3.05) is 20.3 Å². The molecule has 2 N–H and O–H groups in total. The summed E-state index contributed by atoms with van der Waals surface area (Å²) in [4.78, 5) is 6.69. The topological polar surface area (TPSA) is 51.4 Å².